The van der Waals surface area contributed by atoms with Gasteiger partial charge < -0.3 is 25.1 Å². The van der Waals surface area contributed by atoms with Crippen LogP contribution in [0.5, 0.6) is 0 Å². The Bertz CT molecular complexity index is 824. The molecule has 0 aromatic carbocycles. The zero-order valence-corrected chi connectivity index (χ0v) is 20.9. The van der Waals surface area contributed by atoms with Crippen LogP contribution in [0.2, 0.25) is 0 Å². The lowest BCUT2D eigenvalue weighted by molar-refractivity contribution is -0.192. The van der Waals surface area contributed by atoms with Crippen LogP contribution >= 0.6 is 0 Å². The van der Waals surface area contributed by atoms with Crippen molar-refractivity contribution in [3.8, 4) is 0 Å². The maximum atomic E-state index is 13.3. The van der Waals surface area contributed by atoms with E-state index in [0.29, 0.717) is 18.0 Å². The van der Waals surface area contributed by atoms with E-state index in [9.17, 15) is 42.3 Å². The van der Waals surface area contributed by atoms with Crippen LogP contribution in [-0.2, 0) is 24.0 Å². The number of carboxylic acids is 1. The normalized spacial score (nSPS) is 16.0. The number of alkyl halides is 3. The van der Waals surface area contributed by atoms with Gasteiger partial charge in [0.2, 0.25) is 17.7 Å². The number of nitrogens with one attached hydrogen (secondary N) is 1. The highest BCUT2D eigenvalue weighted by atomic mass is 19.4. The summed E-state index contributed by atoms with van der Waals surface area (Å²) in [5, 5.41) is 11.6. The first-order valence-corrected chi connectivity index (χ1v) is 11.4. The molecular formula is C22H35F3N4O6. The Morgan fingerprint density at radius 2 is 1.54 bits per heavy atom. The number of hydrogen-bond donors (Lipinski definition) is 2. The number of carboxylic acid groups (broad SMARTS) is 1. The highest BCUT2D eigenvalue weighted by molar-refractivity contribution is 5.97. The van der Waals surface area contributed by atoms with Gasteiger partial charge in [-0.25, -0.2) is 0 Å². The fraction of sp³-hybridized carbons (Fsp3) is 0.773. The summed E-state index contributed by atoms with van der Waals surface area (Å²) in [6, 6.07) is -2.61. The van der Waals surface area contributed by atoms with Crippen LogP contribution in [0, 0.1) is 5.92 Å². The zero-order chi connectivity index (χ0) is 27.3. The van der Waals surface area contributed by atoms with Crippen LogP contribution in [0.15, 0.2) is 0 Å². The van der Waals surface area contributed by atoms with E-state index in [4.69, 9.17) is 0 Å². The van der Waals surface area contributed by atoms with Crippen molar-refractivity contribution in [3.05, 3.63) is 0 Å². The maximum Gasteiger partial charge on any atom is 0.471 e. The van der Waals surface area contributed by atoms with E-state index in [-0.39, 0.29) is 0 Å². The lowest BCUT2D eigenvalue weighted by Gasteiger charge is -2.42. The standard InChI is InChI=1S/C22H35F3N4O6/c1-7-29(20(35)22(23,24)25)21(4,5)19(34)27(6)16(13(2)3)17(32)26-14(12-15(30)31)18(33)28-10-8-9-11-28/h13-14,16H,7-12H2,1-6H3,(H,26,32)(H,30,31)/t14-,16-/m0/s1. The fourth-order valence-electron chi connectivity index (χ4n) is 4.33. The Morgan fingerprint density at radius 3 is 1.94 bits per heavy atom. The molecule has 1 heterocycles. The van der Waals surface area contributed by atoms with E-state index in [1.54, 1.807) is 13.8 Å². The predicted octanol–water partition coefficient (Wildman–Crippen LogP) is 1.24. The van der Waals surface area contributed by atoms with Crippen molar-refractivity contribution < 1.29 is 42.3 Å². The second-order valence-corrected chi connectivity index (χ2v) is 9.40. The van der Waals surface area contributed by atoms with Crippen LogP contribution in [0.25, 0.3) is 0 Å². The molecule has 0 saturated carbocycles. The first kappa shape index (κ1) is 30.2. The van der Waals surface area contributed by atoms with Gasteiger partial charge in [0, 0.05) is 26.7 Å². The molecule has 1 rings (SSSR count). The predicted molar refractivity (Wildman–Crippen MR) is 119 cm³/mol. The third-order valence-electron chi connectivity index (χ3n) is 6.05. The van der Waals surface area contributed by atoms with E-state index in [0.717, 1.165) is 31.6 Å². The molecule has 0 unspecified atom stereocenters. The molecule has 0 spiro atoms. The minimum absolute atomic E-state index is 0.380. The molecule has 1 fully saturated rings. The summed E-state index contributed by atoms with van der Waals surface area (Å²) < 4.78 is 39.3. The van der Waals surface area contributed by atoms with Gasteiger partial charge in [-0.05, 0) is 39.5 Å². The molecule has 200 valence electrons. The molecule has 35 heavy (non-hydrogen) atoms. The summed E-state index contributed by atoms with van der Waals surface area (Å²) in [6.07, 6.45) is -4.35. The first-order chi connectivity index (χ1) is 16.0. The van der Waals surface area contributed by atoms with Crippen molar-refractivity contribution in [2.24, 2.45) is 5.92 Å². The quantitative estimate of drug-likeness (QED) is 0.457. The zero-order valence-electron chi connectivity index (χ0n) is 20.9. The van der Waals surface area contributed by atoms with Gasteiger partial charge in [-0.15, -0.1) is 0 Å². The van der Waals surface area contributed by atoms with Crippen molar-refractivity contribution in [1.29, 1.82) is 0 Å². The van der Waals surface area contributed by atoms with Crippen molar-refractivity contribution in [2.45, 2.75) is 77.7 Å². The second-order valence-electron chi connectivity index (χ2n) is 9.40. The highest BCUT2D eigenvalue weighted by Gasteiger charge is 2.50. The van der Waals surface area contributed by atoms with Gasteiger partial charge >= 0.3 is 18.1 Å². The summed E-state index contributed by atoms with van der Waals surface area (Å²) in [7, 11) is 1.22. The number of rotatable bonds is 10. The number of hydrogen-bond acceptors (Lipinski definition) is 5. The molecule has 1 saturated heterocycles. The molecule has 0 radical (unpaired) electrons. The molecule has 10 nitrogen and oxygen atoms in total. The third kappa shape index (κ3) is 7.31. The van der Waals surface area contributed by atoms with E-state index in [1.807, 2.05) is 0 Å². The monoisotopic (exact) mass is 508 g/mol. The Labute approximate surface area is 202 Å². The molecule has 0 aromatic heterocycles. The minimum atomic E-state index is -5.19. The third-order valence-corrected chi connectivity index (χ3v) is 6.05. The van der Waals surface area contributed by atoms with Gasteiger partial charge in [0.25, 0.3) is 0 Å². The summed E-state index contributed by atoms with van der Waals surface area (Å²) in [5.74, 6) is -6.35. The number of likely N-dealkylation sites (N-methyl/N-ethyl adjacent to an activating group) is 2. The number of nitrogens with zero attached hydrogens (tertiary/aromatic N) is 3. The molecule has 1 aliphatic rings. The lowest BCUT2D eigenvalue weighted by Crippen LogP contribution is -2.64. The van der Waals surface area contributed by atoms with Crippen LogP contribution in [0.1, 0.15) is 53.9 Å². The van der Waals surface area contributed by atoms with Gasteiger partial charge in [-0.3, -0.25) is 24.0 Å². The molecule has 0 aromatic rings. The van der Waals surface area contributed by atoms with Gasteiger partial charge in [0.15, 0.2) is 0 Å². The smallest absolute Gasteiger partial charge is 0.471 e. The van der Waals surface area contributed by atoms with Crippen molar-refractivity contribution in [3.63, 3.8) is 0 Å². The van der Waals surface area contributed by atoms with Crippen molar-refractivity contribution in [1.82, 2.24) is 20.0 Å². The summed E-state index contributed by atoms with van der Waals surface area (Å²) in [5.41, 5.74) is -1.95. The van der Waals surface area contributed by atoms with Crippen LogP contribution < -0.4 is 5.32 Å². The average molecular weight is 509 g/mol. The summed E-state index contributed by atoms with van der Waals surface area (Å²) in [6.45, 7) is 7.25. The van der Waals surface area contributed by atoms with Gasteiger partial charge in [-0.2, -0.15) is 13.2 Å². The Hall–Kier alpha value is -2.86. The van der Waals surface area contributed by atoms with Gasteiger partial charge in [-0.1, -0.05) is 13.8 Å². The van der Waals surface area contributed by atoms with Crippen LogP contribution in [0.4, 0.5) is 13.2 Å². The Balaban J connectivity index is 3.19. The molecular weight excluding hydrogens is 473 g/mol. The molecule has 0 aliphatic carbocycles. The minimum Gasteiger partial charge on any atom is -0.481 e. The molecule has 4 amide bonds. The lowest BCUT2D eigenvalue weighted by atomic mass is 9.95. The SMILES string of the molecule is CCN(C(=O)C(F)(F)F)C(C)(C)C(=O)N(C)[C@H](C(=O)N[C@@H](CC(=O)O)C(=O)N1CCCC1)C(C)C. The van der Waals surface area contributed by atoms with Crippen molar-refractivity contribution in [2.75, 3.05) is 26.7 Å². The molecule has 1 aliphatic heterocycles. The van der Waals surface area contributed by atoms with E-state index in [2.05, 4.69) is 5.32 Å². The topological polar surface area (TPSA) is 127 Å². The van der Waals surface area contributed by atoms with Gasteiger partial charge in [0.05, 0.1) is 6.42 Å². The van der Waals surface area contributed by atoms with Crippen LogP contribution in [-0.4, -0.2) is 99.9 Å². The molecule has 13 heteroatoms. The Kier molecular flexibility index (Phi) is 10.1. The summed E-state index contributed by atoms with van der Waals surface area (Å²) >= 11 is 0. The highest BCUT2D eigenvalue weighted by Crippen LogP contribution is 2.27. The number of halogens is 3. The summed E-state index contributed by atoms with van der Waals surface area (Å²) in [4.78, 5) is 65.2. The van der Waals surface area contributed by atoms with Crippen molar-refractivity contribution >= 4 is 29.6 Å². The maximum absolute atomic E-state index is 13.3. The average Bonchev–Trinajstić information content (AvgIpc) is 3.25. The molecule has 2 atom stereocenters. The van der Waals surface area contributed by atoms with Crippen LogP contribution in [0.3, 0.4) is 0 Å². The number of aliphatic carboxylic acids is 1. The Morgan fingerprint density at radius 1 is 1.03 bits per heavy atom. The van der Waals surface area contributed by atoms with E-state index < -0.39 is 72.3 Å². The number of likely N-dealkylation sites (tertiary alicyclic amines) is 1. The molecule has 2 N–H and O–H groups in total. The second kappa shape index (κ2) is 11.7. The fourth-order valence-corrected chi connectivity index (χ4v) is 4.33. The van der Waals surface area contributed by atoms with E-state index in [1.165, 1.54) is 18.9 Å². The largest absolute Gasteiger partial charge is 0.481 e. The van der Waals surface area contributed by atoms with E-state index >= 15 is 0 Å². The first-order valence-electron chi connectivity index (χ1n) is 11.4. The molecule has 0 bridgehead atoms. The van der Waals surface area contributed by atoms with Gasteiger partial charge in [0.1, 0.15) is 17.6 Å². The number of amides is 4. The number of carbonyl (C=O) groups is 5. The number of carbonyl (C=O) groups excluding carboxylic acids is 4.